The van der Waals surface area contributed by atoms with Crippen molar-refractivity contribution in [3.05, 3.63) is 35.3 Å². The summed E-state index contributed by atoms with van der Waals surface area (Å²) in [6.07, 6.45) is 1.35. The van der Waals surface area contributed by atoms with Crippen molar-refractivity contribution in [1.82, 2.24) is 4.90 Å². The van der Waals surface area contributed by atoms with Gasteiger partial charge in [-0.1, -0.05) is 0 Å². The van der Waals surface area contributed by atoms with Crippen LogP contribution in [0.15, 0.2) is 28.2 Å². The third-order valence-corrected chi connectivity index (χ3v) is 2.30. The van der Waals surface area contributed by atoms with Crippen molar-refractivity contribution >= 4 is 11.8 Å². The Bertz CT molecular complexity index is 456. The molecule has 0 radical (unpaired) electrons. The van der Waals surface area contributed by atoms with Gasteiger partial charge in [-0.3, -0.25) is 14.5 Å². The minimum absolute atomic E-state index is 0.208. The lowest BCUT2D eigenvalue weighted by molar-refractivity contribution is -0.138. The molecule has 0 aromatic carbocycles. The van der Waals surface area contributed by atoms with Gasteiger partial charge in [0.25, 0.3) is 11.8 Å². The molecule has 1 aliphatic heterocycles. The molecule has 0 unspecified atom stereocenters. The molecule has 0 spiro atoms. The second-order valence-electron chi connectivity index (χ2n) is 3.57. The minimum atomic E-state index is -0.272. The molecule has 1 aromatic heterocycles. The molecule has 4 heteroatoms. The van der Waals surface area contributed by atoms with Crippen molar-refractivity contribution in [2.24, 2.45) is 0 Å². The van der Waals surface area contributed by atoms with Crippen molar-refractivity contribution in [2.45, 2.75) is 20.4 Å². The summed E-state index contributed by atoms with van der Waals surface area (Å²) in [5.41, 5.74) is 0.475. The molecule has 0 fully saturated rings. The van der Waals surface area contributed by atoms with Crippen LogP contribution in [0.1, 0.15) is 18.4 Å². The first-order valence-electron chi connectivity index (χ1n) is 4.67. The van der Waals surface area contributed by atoms with Crippen LogP contribution in [0.2, 0.25) is 0 Å². The van der Waals surface area contributed by atoms with E-state index >= 15 is 0 Å². The Kier molecular flexibility index (Phi) is 2.19. The molecule has 0 bridgehead atoms. The van der Waals surface area contributed by atoms with Gasteiger partial charge in [-0.25, -0.2) is 0 Å². The van der Waals surface area contributed by atoms with E-state index in [2.05, 4.69) is 0 Å². The van der Waals surface area contributed by atoms with Gasteiger partial charge in [0.2, 0.25) is 0 Å². The number of furan rings is 1. The van der Waals surface area contributed by atoms with Crippen LogP contribution in [-0.2, 0) is 16.1 Å². The zero-order valence-corrected chi connectivity index (χ0v) is 8.61. The lowest BCUT2D eigenvalue weighted by Crippen LogP contribution is -2.29. The second kappa shape index (κ2) is 3.38. The van der Waals surface area contributed by atoms with Gasteiger partial charge in [0.15, 0.2) is 0 Å². The van der Waals surface area contributed by atoms with E-state index in [0.717, 1.165) is 5.76 Å². The lowest BCUT2D eigenvalue weighted by atomic mass is 10.3. The summed E-state index contributed by atoms with van der Waals surface area (Å²) in [5.74, 6) is 0.881. The van der Waals surface area contributed by atoms with Gasteiger partial charge in [0, 0.05) is 11.6 Å². The molecular formula is C11H11NO3. The molecule has 2 heterocycles. The quantitative estimate of drug-likeness (QED) is 0.686. The highest BCUT2D eigenvalue weighted by atomic mass is 16.3. The van der Waals surface area contributed by atoms with Crippen LogP contribution < -0.4 is 0 Å². The number of carbonyl (C=O) groups is 2. The normalized spacial score (nSPS) is 16.1. The van der Waals surface area contributed by atoms with E-state index in [1.54, 1.807) is 19.1 Å². The smallest absolute Gasteiger partial charge is 0.256 e. The van der Waals surface area contributed by atoms with Gasteiger partial charge in [-0.05, 0) is 26.0 Å². The number of imide groups is 1. The average Bonchev–Trinajstić information content (AvgIpc) is 2.67. The highest BCUT2D eigenvalue weighted by molar-refractivity contribution is 6.15. The monoisotopic (exact) mass is 205 g/mol. The highest BCUT2D eigenvalue weighted by Crippen LogP contribution is 2.16. The van der Waals surface area contributed by atoms with E-state index in [1.165, 1.54) is 11.0 Å². The van der Waals surface area contributed by atoms with E-state index in [-0.39, 0.29) is 18.4 Å². The molecule has 78 valence electrons. The zero-order chi connectivity index (χ0) is 11.0. The highest BCUT2D eigenvalue weighted by Gasteiger charge is 2.28. The van der Waals surface area contributed by atoms with Crippen molar-refractivity contribution in [1.29, 1.82) is 0 Å². The number of aryl methyl sites for hydroxylation is 1. The Morgan fingerprint density at radius 3 is 2.47 bits per heavy atom. The predicted octanol–water partition coefficient (Wildman–Crippen LogP) is 1.40. The fraction of sp³-hybridized carbons (Fsp3) is 0.273. The van der Waals surface area contributed by atoms with Crippen LogP contribution in [0.4, 0.5) is 0 Å². The Labute approximate surface area is 87.2 Å². The summed E-state index contributed by atoms with van der Waals surface area (Å²) in [7, 11) is 0. The third kappa shape index (κ3) is 1.70. The minimum Gasteiger partial charge on any atom is -0.464 e. The Hall–Kier alpha value is -1.84. The number of hydrogen-bond acceptors (Lipinski definition) is 3. The van der Waals surface area contributed by atoms with E-state index in [0.29, 0.717) is 11.3 Å². The molecule has 0 saturated carbocycles. The van der Waals surface area contributed by atoms with Crippen molar-refractivity contribution in [2.75, 3.05) is 0 Å². The molecule has 2 rings (SSSR count). The number of carbonyl (C=O) groups excluding carboxylic acids is 2. The van der Waals surface area contributed by atoms with Crippen LogP contribution in [0.5, 0.6) is 0 Å². The first-order valence-corrected chi connectivity index (χ1v) is 4.67. The fourth-order valence-electron chi connectivity index (χ4n) is 1.51. The van der Waals surface area contributed by atoms with Gasteiger partial charge < -0.3 is 4.42 Å². The molecule has 1 aromatic rings. The first-order chi connectivity index (χ1) is 7.08. The SMILES string of the molecule is CC1=CC(=O)N(Cc2ccc(C)o2)C1=O. The number of rotatable bonds is 2. The molecule has 1 aliphatic rings. The molecule has 4 nitrogen and oxygen atoms in total. The predicted molar refractivity (Wildman–Crippen MR) is 52.8 cm³/mol. The van der Waals surface area contributed by atoms with Gasteiger partial charge in [-0.15, -0.1) is 0 Å². The number of nitrogens with zero attached hydrogens (tertiary/aromatic N) is 1. The van der Waals surface area contributed by atoms with Crippen LogP contribution in [0.3, 0.4) is 0 Å². The second-order valence-corrected chi connectivity index (χ2v) is 3.57. The zero-order valence-electron chi connectivity index (χ0n) is 8.61. The summed E-state index contributed by atoms with van der Waals surface area (Å²) in [6.45, 7) is 3.66. The molecule has 15 heavy (non-hydrogen) atoms. The van der Waals surface area contributed by atoms with Crippen LogP contribution in [0, 0.1) is 6.92 Å². The average molecular weight is 205 g/mol. The first kappa shape index (κ1) is 9.71. The molecule has 0 saturated heterocycles. The third-order valence-electron chi connectivity index (χ3n) is 2.30. The van der Waals surface area contributed by atoms with E-state index in [4.69, 9.17) is 4.42 Å². The van der Waals surface area contributed by atoms with Crippen LogP contribution in [-0.4, -0.2) is 16.7 Å². The van der Waals surface area contributed by atoms with Gasteiger partial charge in [0.1, 0.15) is 11.5 Å². The summed E-state index contributed by atoms with van der Waals surface area (Å²) in [6, 6.07) is 3.57. The largest absolute Gasteiger partial charge is 0.464 e. The van der Waals surface area contributed by atoms with E-state index in [1.807, 2.05) is 6.92 Å². The van der Waals surface area contributed by atoms with E-state index < -0.39 is 0 Å². The Morgan fingerprint density at radius 1 is 1.27 bits per heavy atom. The molecule has 0 aliphatic carbocycles. The molecule has 0 N–H and O–H groups in total. The van der Waals surface area contributed by atoms with Crippen molar-refractivity contribution in [3.63, 3.8) is 0 Å². The maximum atomic E-state index is 11.5. The molecule has 2 amide bonds. The van der Waals surface area contributed by atoms with Gasteiger partial charge in [-0.2, -0.15) is 0 Å². The Balaban J connectivity index is 2.15. The van der Waals surface area contributed by atoms with Crippen molar-refractivity contribution < 1.29 is 14.0 Å². The molecular weight excluding hydrogens is 194 g/mol. The maximum Gasteiger partial charge on any atom is 0.256 e. The summed E-state index contributed by atoms with van der Waals surface area (Å²) >= 11 is 0. The fourth-order valence-corrected chi connectivity index (χ4v) is 1.51. The number of amides is 2. The summed E-state index contributed by atoms with van der Waals surface area (Å²) in [5, 5.41) is 0. The van der Waals surface area contributed by atoms with E-state index in [9.17, 15) is 9.59 Å². The van der Waals surface area contributed by atoms with Crippen molar-refractivity contribution in [3.8, 4) is 0 Å². The van der Waals surface area contributed by atoms with Gasteiger partial charge >= 0.3 is 0 Å². The molecule has 0 atom stereocenters. The standard InChI is InChI=1S/C11H11NO3/c1-7-5-10(13)12(11(7)14)6-9-4-3-8(2)15-9/h3-5H,6H2,1-2H3. The topological polar surface area (TPSA) is 50.5 Å². The maximum absolute atomic E-state index is 11.5. The lowest BCUT2D eigenvalue weighted by Gasteiger charge is -2.11. The van der Waals surface area contributed by atoms with Gasteiger partial charge in [0.05, 0.1) is 6.54 Å². The van der Waals surface area contributed by atoms with Crippen LogP contribution in [0.25, 0.3) is 0 Å². The Morgan fingerprint density at radius 2 is 2.00 bits per heavy atom. The summed E-state index contributed by atoms with van der Waals surface area (Å²) in [4.78, 5) is 24.1. The number of hydrogen-bond donors (Lipinski definition) is 0. The summed E-state index contributed by atoms with van der Waals surface area (Å²) < 4.78 is 5.31. The van der Waals surface area contributed by atoms with Crippen LogP contribution >= 0.6 is 0 Å².